The van der Waals surface area contributed by atoms with Gasteiger partial charge in [0.15, 0.2) is 11.6 Å². The largest absolute Gasteiger partial charge is 0.418 e. The van der Waals surface area contributed by atoms with Gasteiger partial charge in [-0.3, -0.25) is 4.79 Å². The maximum Gasteiger partial charge on any atom is 0.257 e. The Labute approximate surface area is 148 Å². The van der Waals surface area contributed by atoms with E-state index in [1.807, 2.05) is 30.3 Å². The topological polar surface area (TPSA) is 59.2 Å². The quantitative estimate of drug-likeness (QED) is 0.713. The summed E-state index contributed by atoms with van der Waals surface area (Å²) in [6, 6.07) is 12.4. The summed E-state index contributed by atoms with van der Waals surface area (Å²) in [5.74, 6) is -2.11. The molecule has 2 heterocycles. The van der Waals surface area contributed by atoms with Crippen LogP contribution in [0.3, 0.4) is 0 Å². The van der Waals surface area contributed by atoms with Crippen molar-refractivity contribution in [3.63, 3.8) is 0 Å². The van der Waals surface area contributed by atoms with Crippen LogP contribution in [0.1, 0.15) is 35.1 Å². The molecular weight excluding hydrogens is 340 g/mol. The van der Waals surface area contributed by atoms with E-state index in [9.17, 15) is 13.6 Å². The van der Waals surface area contributed by atoms with Crippen LogP contribution in [0.25, 0.3) is 11.5 Å². The lowest BCUT2D eigenvalue weighted by molar-refractivity contribution is 0.0710. The van der Waals surface area contributed by atoms with Crippen LogP contribution in [0.4, 0.5) is 8.78 Å². The monoisotopic (exact) mass is 355 g/mol. The highest BCUT2D eigenvalue weighted by molar-refractivity contribution is 5.95. The van der Waals surface area contributed by atoms with Crippen LogP contribution in [-0.4, -0.2) is 27.5 Å². The zero-order chi connectivity index (χ0) is 18.1. The third-order valence-corrected chi connectivity index (χ3v) is 4.44. The van der Waals surface area contributed by atoms with E-state index in [4.69, 9.17) is 4.42 Å². The van der Waals surface area contributed by atoms with Crippen LogP contribution >= 0.6 is 0 Å². The van der Waals surface area contributed by atoms with E-state index in [-0.39, 0.29) is 5.56 Å². The molecule has 1 aliphatic heterocycles. The molecule has 5 nitrogen and oxygen atoms in total. The number of rotatable bonds is 3. The lowest BCUT2D eigenvalue weighted by Gasteiger charge is -2.22. The van der Waals surface area contributed by atoms with Gasteiger partial charge in [0.05, 0.1) is 5.56 Å². The summed E-state index contributed by atoms with van der Waals surface area (Å²) in [6.45, 7) is 0.419. The number of hydrogen-bond acceptors (Lipinski definition) is 4. The Balaban J connectivity index is 1.62. The molecule has 1 saturated heterocycles. The number of hydrogen-bond donors (Lipinski definition) is 0. The average Bonchev–Trinajstić information content (AvgIpc) is 3.33. The lowest BCUT2D eigenvalue weighted by atomic mass is 10.1. The van der Waals surface area contributed by atoms with Crippen LogP contribution < -0.4 is 0 Å². The molecule has 3 aromatic rings. The minimum atomic E-state index is -1.14. The van der Waals surface area contributed by atoms with Gasteiger partial charge in [0.1, 0.15) is 6.04 Å². The van der Waals surface area contributed by atoms with Crippen LogP contribution in [0.15, 0.2) is 52.9 Å². The Morgan fingerprint density at radius 3 is 2.69 bits per heavy atom. The molecule has 0 bridgehead atoms. The van der Waals surface area contributed by atoms with Gasteiger partial charge in [0.25, 0.3) is 5.91 Å². The molecule has 1 aromatic heterocycles. The van der Waals surface area contributed by atoms with Gasteiger partial charge in [0, 0.05) is 12.1 Å². The van der Waals surface area contributed by atoms with Crippen molar-refractivity contribution in [1.29, 1.82) is 0 Å². The SMILES string of the molecule is O=C(c1cccc(F)c1F)N1CCCC1c1nnc(-c2ccccc2)o1. The van der Waals surface area contributed by atoms with Crippen LogP contribution in [-0.2, 0) is 0 Å². The number of amides is 1. The summed E-state index contributed by atoms with van der Waals surface area (Å²) in [5.41, 5.74) is 0.484. The van der Waals surface area contributed by atoms with E-state index >= 15 is 0 Å². The maximum atomic E-state index is 14.0. The van der Waals surface area contributed by atoms with E-state index in [0.717, 1.165) is 18.1 Å². The van der Waals surface area contributed by atoms with E-state index in [1.54, 1.807) is 0 Å². The van der Waals surface area contributed by atoms with Crippen molar-refractivity contribution in [3.8, 4) is 11.5 Å². The van der Waals surface area contributed by atoms with Gasteiger partial charge in [-0.2, -0.15) is 0 Å². The normalized spacial score (nSPS) is 16.8. The zero-order valence-electron chi connectivity index (χ0n) is 13.7. The molecule has 0 N–H and O–H groups in total. The smallest absolute Gasteiger partial charge is 0.257 e. The van der Waals surface area contributed by atoms with E-state index in [2.05, 4.69) is 10.2 Å². The molecule has 1 fully saturated rings. The molecule has 0 spiro atoms. The Hall–Kier alpha value is -3.09. The van der Waals surface area contributed by atoms with Crippen LogP contribution in [0.2, 0.25) is 0 Å². The molecule has 1 amide bonds. The lowest BCUT2D eigenvalue weighted by Crippen LogP contribution is -2.31. The van der Waals surface area contributed by atoms with Crippen molar-refractivity contribution >= 4 is 5.91 Å². The van der Waals surface area contributed by atoms with E-state index in [0.29, 0.717) is 24.7 Å². The third kappa shape index (κ3) is 2.85. The second-order valence-electron chi connectivity index (χ2n) is 6.07. The highest BCUT2D eigenvalue weighted by Gasteiger charge is 2.35. The molecule has 7 heteroatoms. The number of likely N-dealkylation sites (tertiary alicyclic amines) is 1. The number of aromatic nitrogens is 2. The number of nitrogens with zero attached hydrogens (tertiary/aromatic N) is 3. The van der Waals surface area contributed by atoms with Gasteiger partial charge in [0.2, 0.25) is 11.8 Å². The van der Waals surface area contributed by atoms with E-state index in [1.165, 1.54) is 17.0 Å². The first-order chi connectivity index (χ1) is 12.6. The van der Waals surface area contributed by atoms with Gasteiger partial charge in [-0.1, -0.05) is 24.3 Å². The van der Waals surface area contributed by atoms with Crippen molar-refractivity contribution in [3.05, 3.63) is 71.6 Å². The molecule has 0 aliphatic carbocycles. The van der Waals surface area contributed by atoms with Gasteiger partial charge in [-0.25, -0.2) is 8.78 Å². The van der Waals surface area contributed by atoms with Gasteiger partial charge in [-0.05, 0) is 37.1 Å². The molecular formula is C19H15F2N3O2. The fourth-order valence-corrected chi connectivity index (χ4v) is 3.16. The first-order valence-corrected chi connectivity index (χ1v) is 8.29. The molecule has 1 atom stereocenters. The molecule has 1 unspecified atom stereocenters. The van der Waals surface area contributed by atoms with Gasteiger partial charge >= 0.3 is 0 Å². The van der Waals surface area contributed by atoms with Crippen molar-refractivity contribution in [2.75, 3.05) is 6.54 Å². The standard InChI is InChI=1S/C19H15F2N3O2/c20-14-9-4-8-13(16(14)21)19(25)24-11-5-10-15(24)18-23-22-17(26-18)12-6-2-1-3-7-12/h1-4,6-9,15H,5,10-11H2. The first-order valence-electron chi connectivity index (χ1n) is 8.29. The van der Waals surface area contributed by atoms with Crippen molar-refractivity contribution in [1.82, 2.24) is 15.1 Å². The Morgan fingerprint density at radius 2 is 1.88 bits per heavy atom. The Kier molecular flexibility index (Phi) is 4.20. The summed E-state index contributed by atoms with van der Waals surface area (Å²) >= 11 is 0. The highest BCUT2D eigenvalue weighted by Crippen LogP contribution is 2.34. The molecule has 4 rings (SSSR count). The minimum Gasteiger partial charge on any atom is -0.418 e. The first kappa shape index (κ1) is 16.4. The molecule has 1 aliphatic rings. The minimum absolute atomic E-state index is 0.292. The summed E-state index contributed by atoms with van der Waals surface area (Å²) in [4.78, 5) is 14.2. The van der Waals surface area contributed by atoms with Crippen molar-refractivity contribution in [2.24, 2.45) is 0 Å². The number of halogens is 2. The van der Waals surface area contributed by atoms with Crippen LogP contribution in [0.5, 0.6) is 0 Å². The van der Waals surface area contributed by atoms with E-state index < -0.39 is 23.6 Å². The maximum absolute atomic E-state index is 14.0. The molecule has 0 radical (unpaired) electrons. The average molecular weight is 355 g/mol. The summed E-state index contributed by atoms with van der Waals surface area (Å²) in [6.07, 6.45) is 1.34. The van der Waals surface area contributed by atoms with Crippen molar-refractivity contribution < 1.29 is 18.0 Å². The highest BCUT2D eigenvalue weighted by atomic mass is 19.2. The molecule has 2 aromatic carbocycles. The fourth-order valence-electron chi connectivity index (χ4n) is 3.16. The predicted molar refractivity (Wildman–Crippen MR) is 89.1 cm³/mol. The van der Waals surface area contributed by atoms with Crippen molar-refractivity contribution in [2.45, 2.75) is 18.9 Å². The van der Waals surface area contributed by atoms with Crippen LogP contribution in [0, 0.1) is 11.6 Å². The predicted octanol–water partition coefficient (Wildman–Crippen LogP) is 3.99. The summed E-state index contributed by atoms with van der Waals surface area (Å²) in [5, 5.41) is 8.10. The Bertz CT molecular complexity index is 943. The van der Waals surface area contributed by atoms with Gasteiger partial charge in [-0.15, -0.1) is 10.2 Å². The molecule has 132 valence electrons. The summed E-state index contributed by atoms with van der Waals surface area (Å²) < 4.78 is 33.2. The molecule has 0 saturated carbocycles. The third-order valence-electron chi connectivity index (χ3n) is 4.44. The number of carbonyl (C=O) groups is 1. The Morgan fingerprint density at radius 1 is 1.08 bits per heavy atom. The second kappa shape index (κ2) is 6.67. The number of carbonyl (C=O) groups excluding carboxylic acids is 1. The summed E-state index contributed by atoms with van der Waals surface area (Å²) in [7, 11) is 0. The number of benzene rings is 2. The second-order valence-corrected chi connectivity index (χ2v) is 6.07. The fraction of sp³-hybridized carbons (Fsp3) is 0.211. The zero-order valence-corrected chi connectivity index (χ0v) is 13.7. The molecule has 26 heavy (non-hydrogen) atoms. The van der Waals surface area contributed by atoms with Gasteiger partial charge < -0.3 is 9.32 Å².